The van der Waals surface area contributed by atoms with Crippen molar-refractivity contribution in [3.8, 4) is 11.3 Å². The van der Waals surface area contributed by atoms with E-state index in [-0.39, 0.29) is 0 Å². The van der Waals surface area contributed by atoms with Crippen LogP contribution in [0.1, 0.15) is 11.1 Å². The summed E-state index contributed by atoms with van der Waals surface area (Å²) < 4.78 is 4.63. The monoisotopic (exact) mass is 351 g/mol. The Labute approximate surface area is 159 Å². The third-order valence-corrected chi connectivity index (χ3v) is 5.80. The maximum absolute atomic E-state index is 2.38. The van der Waals surface area contributed by atoms with Crippen LogP contribution in [-0.4, -0.2) is 4.57 Å². The fraction of sp³-hybridized carbons (Fsp3) is 0.160. The molecule has 0 saturated carbocycles. The topological polar surface area (TPSA) is 8.81 Å². The average molecular weight is 351 g/mol. The Balaban J connectivity index is 2.00. The summed E-state index contributed by atoms with van der Waals surface area (Å²) in [5.74, 6) is 0. The summed E-state index contributed by atoms with van der Waals surface area (Å²) in [5.41, 5.74) is 7.78. The second-order valence-electron chi connectivity index (χ2n) is 7.60. The first-order valence-corrected chi connectivity index (χ1v) is 9.42. The Bertz CT molecular complexity index is 1360. The van der Waals surface area contributed by atoms with Gasteiger partial charge in [0.25, 0.3) is 0 Å². The standard InChI is InChI=1S/C25H23N2/c1-16-9-11-19(17(2)15-16)24-25-22(13-14-26(24)3)21-12-10-18-7-5-6-8-20(18)23(21)27(25)4/h5-15H,1-4H3/q+1. The van der Waals surface area contributed by atoms with Gasteiger partial charge in [-0.15, -0.1) is 0 Å². The molecule has 0 amide bonds. The van der Waals surface area contributed by atoms with Crippen LogP contribution < -0.4 is 4.57 Å². The molecule has 2 heteroatoms. The molecule has 132 valence electrons. The van der Waals surface area contributed by atoms with E-state index in [4.69, 9.17) is 0 Å². The largest absolute Gasteiger partial charge is 0.338 e. The lowest BCUT2D eigenvalue weighted by Crippen LogP contribution is -2.31. The summed E-state index contributed by atoms with van der Waals surface area (Å²) >= 11 is 0. The number of fused-ring (bicyclic) bond motifs is 5. The van der Waals surface area contributed by atoms with Gasteiger partial charge in [0.1, 0.15) is 12.6 Å². The van der Waals surface area contributed by atoms with Crippen LogP contribution in [0, 0.1) is 13.8 Å². The fourth-order valence-electron chi connectivity index (χ4n) is 4.53. The minimum atomic E-state index is 1.27. The minimum absolute atomic E-state index is 1.27. The molecule has 0 bridgehead atoms. The lowest BCUT2D eigenvalue weighted by molar-refractivity contribution is -0.659. The van der Waals surface area contributed by atoms with Gasteiger partial charge in [-0.2, -0.15) is 4.57 Å². The van der Waals surface area contributed by atoms with Crippen molar-refractivity contribution in [2.24, 2.45) is 14.1 Å². The summed E-state index contributed by atoms with van der Waals surface area (Å²) in [6, 6.07) is 22.2. The zero-order valence-electron chi connectivity index (χ0n) is 16.2. The lowest BCUT2D eigenvalue weighted by Gasteiger charge is -2.09. The van der Waals surface area contributed by atoms with E-state index in [0.29, 0.717) is 0 Å². The molecule has 5 rings (SSSR count). The molecule has 0 unspecified atom stereocenters. The van der Waals surface area contributed by atoms with Crippen LogP contribution >= 0.6 is 0 Å². The molecule has 5 aromatic rings. The highest BCUT2D eigenvalue weighted by molar-refractivity contribution is 6.19. The Morgan fingerprint density at radius 2 is 1.56 bits per heavy atom. The van der Waals surface area contributed by atoms with Gasteiger partial charge in [0.15, 0.2) is 6.20 Å². The molecular weight excluding hydrogens is 328 g/mol. The van der Waals surface area contributed by atoms with E-state index < -0.39 is 0 Å². The second kappa shape index (κ2) is 5.68. The summed E-state index contributed by atoms with van der Waals surface area (Å²) in [4.78, 5) is 0. The predicted molar refractivity (Wildman–Crippen MR) is 114 cm³/mol. The van der Waals surface area contributed by atoms with Gasteiger partial charge in [-0.1, -0.05) is 54.1 Å². The first-order valence-electron chi connectivity index (χ1n) is 9.42. The highest BCUT2D eigenvalue weighted by Gasteiger charge is 2.22. The molecule has 0 N–H and O–H groups in total. The first-order chi connectivity index (χ1) is 13.1. The molecule has 2 heterocycles. The van der Waals surface area contributed by atoms with Crippen molar-refractivity contribution in [3.05, 3.63) is 78.0 Å². The fourth-order valence-corrected chi connectivity index (χ4v) is 4.53. The van der Waals surface area contributed by atoms with Crippen molar-refractivity contribution < 1.29 is 4.57 Å². The molecule has 2 nitrogen and oxygen atoms in total. The van der Waals surface area contributed by atoms with E-state index >= 15 is 0 Å². The molecular formula is C25H23N2+. The first kappa shape index (κ1) is 16.1. The Hall–Kier alpha value is -3.13. The van der Waals surface area contributed by atoms with E-state index in [1.165, 1.54) is 55.0 Å². The van der Waals surface area contributed by atoms with Gasteiger partial charge in [-0.3, -0.25) is 0 Å². The third kappa shape index (κ3) is 2.23. The summed E-state index contributed by atoms with van der Waals surface area (Å²) in [7, 11) is 4.34. The predicted octanol–water partition coefficient (Wildman–Crippen LogP) is 5.59. The van der Waals surface area contributed by atoms with Crippen LogP contribution in [0.25, 0.3) is 43.8 Å². The van der Waals surface area contributed by atoms with Crippen molar-refractivity contribution >= 4 is 32.6 Å². The van der Waals surface area contributed by atoms with E-state index in [9.17, 15) is 0 Å². The summed E-state index contributed by atoms with van der Waals surface area (Å²) in [5, 5.41) is 5.22. The quantitative estimate of drug-likeness (QED) is 0.348. The number of pyridine rings is 1. The molecule has 0 aliphatic carbocycles. The van der Waals surface area contributed by atoms with Crippen molar-refractivity contribution in [2.75, 3.05) is 0 Å². The van der Waals surface area contributed by atoms with Crippen molar-refractivity contribution in [2.45, 2.75) is 13.8 Å². The zero-order valence-corrected chi connectivity index (χ0v) is 16.2. The van der Waals surface area contributed by atoms with Crippen LogP contribution in [0.2, 0.25) is 0 Å². The van der Waals surface area contributed by atoms with Crippen LogP contribution in [-0.2, 0) is 14.1 Å². The molecule has 3 aromatic carbocycles. The third-order valence-electron chi connectivity index (χ3n) is 5.80. The van der Waals surface area contributed by atoms with Gasteiger partial charge < -0.3 is 4.57 Å². The smallest absolute Gasteiger partial charge is 0.237 e. The molecule has 0 saturated heterocycles. The molecule has 0 fully saturated rings. The number of aryl methyl sites for hydroxylation is 4. The maximum atomic E-state index is 2.38. The van der Waals surface area contributed by atoms with Crippen molar-refractivity contribution in [1.29, 1.82) is 0 Å². The highest BCUT2D eigenvalue weighted by Crippen LogP contribution is 2.37. The van der Waals surface area contributed by atoms with Crippen LogP contribution in [0.15, 0.2) is 66.9 Å². The molecule has 0 aliphatic rings. The molecule has 0 aliphatic heterocycles. The van der Waals surface area contributed by atoms with Gasteiger partial charge in [0.05, 0.1) is 11.1 Å². The summed E-state index contributed by atoms with van der Waals surface area (Å²) in [6.45, 7) is 4.36. The zero-order chi connectivity index (χ0) is 18.7. The van der Waals surface area contributed by atoms with Crippen molar-refractivity contribution in [1.82, 2.24) is 4.57 Å². The van der Waals surface area contributed by atoms with Crippen molar-refractivity contribution in [3.63, 3.8) is 0 Å². The van der Waals surface area contributed by atoms with E-state index in [1.54, 1.807) is 0 Å². The van der Waals surface area contributed by atoms with Crippen LogP contribution in [0.4, 0.5) is 0 Å². The lowest BCUT2D eigenvalue weighted by atomic mass is 10.0. The van der Waals surface area contributed by atoms with Crippen LogP contribution in [0.3, 0.4) is 0 Å². The Morgan fingerprint density at radius 3 is 2.37 bits per heavy atom. The molecule has 27 heavy (non-hydrogen) atoms. The molecule has 0 spiro atoms. The molecule has 0 atom stereocenters. The van der Waals surface area contributed by atoms with Gasteiger partial charge >= 0.3 is 0 Å². The number of rotatable bonds is 1. The Morgan fingerprint density at radius 1 is 0.778 bits per heavy atom. The number of aromatic nitrogens is 2. The molecule has 2 aromatic heterocycles. The van der Waals surface area contributed by atoms with Gasteiger partial charge in [0, 0.05) is 29.3 Å². The summed E-state index contributed by atoms with van der Waals surface area (Å²) in [6.07, 6.45) is 2.19. The number of nitrogens with zero attached hydrogens (tertiary/aromatic N) is 2. The SMILES string of the molecule is Cc1ccc(-c2c3c(cc[n+]2C)c2ccc4ccccc4c2n3C)c(C)c1. The van der Waals surface area contributed by atoms with Gasteiger partial charge in [-0.05, 0) is 30.9 Å². The van der Waals surface area contributed by atoms with E-state index in [1.807, 2.05) is 0 Å². The number of hydrogen-bond acceptors (Lipinski definition) is 0. The minimum Gasteiger partial charge on any atom is -0.338 e. The highest BCUT2D eigenvalue weighted by atomic mass is 15.0. The number of hydrogen-bond donors (Lipinski definition) is 0. The normalized spacial score (nSPS) is 11.7. The average Bonchev–Trinajstić information content (AvgIpc) is 2.95. The maximum Gasteiger partial charge on any atom is 0.237 e. The van der Waals surface area contributed by atoms with Gasteiger partial charge in [-0.25, -0.2) is 0 Å². The van der Waals surface area contributed by atoms with E-state index in [2.05, 4.69) is 104 Å². The Kier molecular flexibility index (Phi) is 3.38. The van der Waals surface area contributed by atoms with Gasteiger partial charge in [0.2, 0.25) is 5.69 Å². The number of benzene rings is 3. The molecule has 0 radical (unpaired) electrons. The van der Waals surface area contributed by atoms with Crippen LogP contribution in [0.5, 0.6) is 0 Å². The second-order valence-corrected chi connectivity index (χ2v) is 7.60. The van der Waals surface area contributed by atoms with E-state index in [0.717, 1.165) is 0 Å².